The van der Waals surface area contributed by atoms with Gasteiger partial charge < -0.3 is 4.74 Å². The van der Waals surface area contributed by atoms with Crippen molar-refractivity contribution >= 4 is 33.7 Å². The number of halogens is 2. The van der Waals surface area contributed by atoms with Gasteiger partial charge in [-0.1, -0.05) is 11.8 Å². The van der Waals surface area contributed by atoms with Crippen LogP contribution in [0.5, 0.6) is 0 Å². The molecule has 1 aromatic rings. The Balaban J connectivity index is 2.63. The monoisotopic (exact) mass is 279 g/mol. The van der Waals surface area contributed by atoms with Crippen LogP contribution in [0.1, 0.15) is 0 Å². The predicted molar refractivity (Wildman–Crippen MR) is 54.6 cm³/mol. The molecule has 76 valence electrons. The number of hydrogen-bond acceptors (Lipinski definition) is 4. The van der Waals surface area contributed by atoms with Crippen molar-refractivity contribution < 1.29 is 13.9 Å². The fraction of sp³-hybridized carbons (Fsp3) is 0.250. The molecule has 0 radical (unpaired) electrons. The molecule has 0 saturated carbocycles. The molecule has 0 bridgehead atoms. The Kier molecular flexibility index (Phi) is 4.34. The largest absolute Gasteiger partial charge is 0.468 e. The summed E-state index contributed by atoms with van der Waals surface area (Å²) in [7, 11) is 1.29. The van der Waals surface area contributed by atoms with Crippen LogP contribution >= 0.6 is 27.7 Å². The molecule has 0 aliphatic carbocycles. The number of ether oxygens (including phenoxy) is 1. The summed E-state index contributed by atoms with van der Waals surface area (Å²) in [6, 6.07) is 1.30. The molecule has 1 rings (SSSR count). The Bertz CT molecular complexity index is 348. The van der Waals surface area contributed by atoms with Crippen molar-refractivity contribution in [1.82, 2.24) is 4.98 Å². The zero-order valence-electron chi connectivity index (χ0n) is 7.29. The summed E-state index contributed by atoms with van der Waals surface area (Å²) < 4.78 is 18.1. The van der Waals surface area contributed by atoms with Crippen LogP contribution in [-0.4, -0.2) is 23.8 Å². The minimum atomic E-state index is -0.451. The third-order valence-electron chi connectivity index (χ3n) is 1.33. The molecule has 14 heavy (non-hydrogen) atoms. The maximum absolute atomic E-state index is 13.1. The van der Waals surface area contributed by atoms with Crippen LogP contribution in [-0.2, 0) is 9.53 Å². The van der Waals surface area contributed by atoms with Crippen molar-refractivity contribution in [1.29, 1.82) is 0 Å². The number of carbonyl (C=O) groups is 1. The van der Waals surface area contributed by atoms with E-state index in [1.807, 2.05) is 0 Å². The molecule has 0 amide bonds. The number of rotatable bonds is 3. The van der Waals surface area contributed by atoms with Gasteiger partial charge in [-0.15, -0.1) is 0 Å². The first-order valence-electron chi connectivity index (χ1n) is 3.64. The lowest BCUT2D eigenvalue weighted by Crippen LogP contribution is -2.03. The van der Waals surface area contributed by atoms with Gasteiger partial charge in [0.05, 0.1) is 12.9 Å². The van der Waals surface area contributed by atoms with E-state index in [4.69, 9.17) is 0 Å². The minimum Gasteiger partial charge on any atom is -0.468 e. The number of pyridine rings is 1. The van der Waals surface area contributed by atoms with Gasteiger partial charge in [0.2, 0.25) is 0 Å². The molecule has 1 heterocycles. The molecule has 0 N–H and O–H groups in total. The predicted octanol–water partition coefficient (Wildman–Crippen LogP) is 2.25. The van der Waals surface area contributed by atoms with Gasteiger partial charge in [-0.2, -0.15) is 0 Å². The van der Waals surface area contributed by atoms with Crippen LogP contribution < -0.4 is 0 Å². The molecule has 6 heteroatoms. The van der Waals surface area contributed by atoms with E-state index in [9.17, 15) is 9.18 Å². The second kappa shape index (κ2) is 5.31. The van der Waals surface area contributed by atoms with Crippen molar-refractivity contribution in [3.8, 4) is 0 Å². The van der Waals surface area contributed by atoms with Gasteiger partial charge in [-0.05, 0) is 22.0 Å². The van der Waals surface area contributed by atoms with Crippen LogP contribution in [0, 0.1) is 5.82 Å². The first kappa shape index (κ1) is 11.5. The van der Waals surface area contributed by atoms with Gasteiger partial charge in [-0.25, -0.2) is 9.37 Å². The lowest BCUT2D eigenvalue weighted by molar-refractivity contribution is -0.137. The third kappa shape index (κ3) is 3.26. The summed E-state index contributed by atoms with van der Waals surface area (Å²) in [5.41, 5.74) is 0. The van der Waals surface area contributed by atoms with E-state index < -0.39 is 11.8 Å². The molecule has 0 aliphatic rings. The highest BCUT2D eigenvalue weighted by Gasteiger charge is 2.08. The molecule has 0 spiro atoms. The van der Waals surface area contributed by atoms with E-state index in [-0.39, 0.29) is 10.8 Å². The smallest absolute Gasteiger partial charge is 0.316 e. The van der Waals surface area contributed by atoms with Crippen molar-refractivity contribution in [3.63, 3.8) is 0 Å². The lowest BCUT2D eigenvalue weighted by atomic mass is 10.5. The highest BCUT2D eigenvalue weighted by Crippen LogP contribution is 2.21. The highest BCUT2D eigenvalue weighted by atomic mass is 79.9. The Morgan fingerprint density at radius 2 is 2.50 bits per heavy atom. The molecule has 0 unspecified atom stereocenters. The maximum atomic E-state index is 13.1. The maximum Gasteiger partial charge on any atom is 0.316 e. The van der Waals surface area contributed by atoms with E-state index >= 15 is 0 Å². The molecule has 0 atom stereocenters. The summed E-state index contributed by atoms with van der Waals surface area (Å²) in [6.07, 6.45) is 1.47. The summed E-state index contributed by atoms with van der Waals surface area (Å²) in [5, 5.41) is 0.193. The SMILES string of the molecule is COC(=O)CSc1ncc(Br)cc1F. The summed E-state index contributed by atoms with van der Waals surface area (Å²) in [5.74, 6) is -0.797. The number of nitrogens with zero attached hydrogens (tertiary/aromatic N) is 1. The summed E-state index contributed by atoms with van der Waals surface area (Å²) >= 11 is 4.09. The van der Waals surface area contributed by atoms with Crippen molar-refractivity contribution in [2.75, 3.05) is 12.9 Å². The van der Waals surface area contributed by atoms with Gasteiger partial charge in [0.1, 0.15) is 5.03 Å². The zero-order valence-corrected chi connectivity index (χ0v) is 9.69. The van der Waals surface area contributed by atoms with E-state index in [0.29, 0.717) is 4.47 Å². The van der Waals surface area contributed by atoms with E-state index in [0.717, 1.165) is 11.8 Å². The number of methoxy groups -OCH3 is 1. The molecule has 1 aromatic heterocycles. The Hall–Kier alpha value is -0.620. The fourth-order valence-electron chi connectivity index (χ4n) is 0.694. The summed E-state index contributed by atoms with van der Waals surface area (Å²) in [6.45, 7) is 0. The molecule has 0 fully saturated rings. The van der Waals surface area contributed by atoms with Crippen LogP contribution in [0.3, 0.4) is 0 Å². The second-order valence-corrected chi connectivity index (χ2v) is 4.19. The normalized spacial score (nSPS) is 9.93. The number of hydrogen-bond donors (Lipinski definition) is 0. The van der Waals surface area contributed by atoms with Gasteiger partial charge in [0.25, 0.3) is 0 Å². The minimum absolute atomic E-state index is 0.0576. The quantitative estimate of drug-likeness (QED) is 0.629. The van der Waals surface area contributed by atoms with Gasteiger partial charge in [0.15, 0.2) is 5.82 Å². The van der Waals surface area contributed by atoms with Crippen molar-refractivity contribution in [2.45, 2.75) is 5.03 Å². The van der Waals surface area contributed by atoms with Gasteiger partial charge >= 0.3 is 5.97 Å². The highest BCUT2D eigenvalue weighted by molar-refractivity contribution is 9.10. The van der Waals surface area contributed by atoms with Crippen molar-refractivity contribution in [2.24, 2.45) is 0 Å². The molecular formula is C8H7BrFNO2S. The number of carbonyl (C=O) groups excluding carboxylic acids is 1. The lowest BCUT2D eigenvalue weighted by Gasteiger charge is -2.01. The van der Waals surface area contributed by atoms with Gasteiger partial charge in [0, 0.05) is 10.7 Å². The molecule has 0 aliphatic heterocycles. The molecule has 0 saturated heterocycles. The molecular weight excluding hydrogens is 273 g/mol. The summed E-state index contributed by atoms with van der Waals surface area (Å²) in [4.78, 5) is 14.6. The molecule has 3 nitrogen and oxygen atoms in total. The van der Waals surface area contributed by atoms with Crippen molar-refractivity contribution in [3.05, 3.63) is 22.6 Å². The Labute approximate surface area is 93.2 Å². The Morgan fingerprint density at radius 3 is 3.07 bits per heavy atom. The second-order valence-electron chi connectivity index (χ2n) is 2.31. The number of thioether (sulfide) groups is 1. The Morgan fingerprint density at radius 1 is 1.79 bits per heavy atom. The first-order valence-corrected chi connectivity index (χ1v) is 5.42. The van der Waals surface area contributed by atoms with Crippen LogP contribution in [0.25, 0.3) is 0 Å². The number of aromatic nitrogens is 1. The number of esters is 1. The zero-order chi connectivity index (χ0) is 10.6. The van der Waals surface area contributed by atoms with Gasteiger partial charge in [-0.3, -0.25) is 4.79 Å². The fourth-order valence-corrected chi connectivity index (χ4v) is 1.69. The van der Waals surface area contributed by atoms with E-state index in [1.165, 1.54) is 19.4 Å². The van der Waals surface area contributed by atoms with Crippen LogP contribution in [0.2, 0.25) is 0 Å². The third-order valence-corrected chi connectivity index (χ3v) is 2.72. The standard InChI is InChI=1S/C8H7BrFNO2S/c1-13-7(12)4-14-8-6(10)2-5(9)3-11-8/h2-3H,4H2,1H3. The average molecular weight is 280 g/mol. The van der Waals surface area contributed by atoms with E-state index in [2.05, 4.69) is 25.7 Å². The topological polar surface area (TPSA) is 39.2 Å². The van der Waals surface area contributed by atoms with Crippen LogP contribution in [0.15, 0.2) is 21.8 Å². The average Bonchev–Trinajstić information content (AvgIpc) is 2.16. The first-order chi connectivity index (χ1) is 6.63. The van der Waals surface area contributed by atoms with Crippen LogP contribution in [0.4, 0.5) is 4.39 Å². The molecule has 0 aromatic carbocycles. The van der Waals surface area contributed by atoms with E-state index in [1.54, 1.807) is 0 Å².